The summed E-state index contributed by atoms with van der Waals surface area (Å²) in [5.41, 5.74) is 1.61. The topological polar surface area (TPSA) is 115 Å². The zero-order valence-corrected chi connectivity index (χ0v) is 20.7. The van der Waals surface area contributed by atoms with Crippen LogP contribution in [0.1, 0.15) is 57.1 Å². The van der Waals surface area contributed by atoms with E-state index < -0.39 is 5.97 Å². The second-order valence-electron chi connectivity index (χ2n) is 7.67. The van der Waals surface area contributed by atoms with Gasteiger partial charge >= 0.3 is 5.97 Å². The number of thiophene rings is 1. The van der Waals surface area contributed by atoms with Crippen molar-refractivity contribution >= 4 is 45.9 Å². The Labute approximate surface area is 205 Å². The average Bonchev–Trinajstić information content (AvgIpc) is 3.51. The number of carbonyl (C=O) groups excluding carboxylic acids is 3. The first kappa shape index (κ1) is 24.0. The lowest BCUT2D eigenvalue weighted by atomic mass is 10.1. The number of nitrogens with zero attached hydrogens (tertiary/aromatic N) is 3. The fraction of sp³-hybridized carbons (Fsp3) is 0.348. The van der Waals surface area contributed by atoms with Crippen LogP contribution < -0.4 is 10.6 Å². The monoisotopic (exact) mass is 499 g/mol. The molecule has 3 aromatic rings. The van der Waals surface area contributed by atoms with Crippen molar-refractivity contribution in [1.82, 2.24) is 20.1 Å². The highest BCUT2D eigenvalue weighted by atomic mass is 32.2. The molecule has 1 fully saturated rings. The molecule has 178 valence electrons. The van der Waals surface area contributed by atoms with Crippen molar-refractivity contribution in [3.05, 3.63) is 52.2 Å². The van der Waals surface area contributed by atoms with Gasteiger partial charge in [-0.2, -0.15) is 0 Å². The number of ether oxygens (including phenoxy) is 1. The van der Waals surface area contributed by atoms with Crippen molar-refractivity contribution in [2.75, 3.05) is 24.7 Å². The van der Waals surface area contributed by atoms with Gasteiger partial charge in [-0.05, 0) is 44.4 Å². The molecule has 0 aliphatic heterocycles. The molecular weight excluding hydrogens is 474 g/mol. The number of nitrogens with one attached hydrogen (secondary N) is 2. The molecule has 0 spiro atoms. The van der Waals surface area contributed by atoms with Gasteiger partial charge in [-0.25, -0.2) is 14.5 Å². The number of hydrogen-bond donors (Lipinski definition) is 2. The first-order valence-electron chi connectivity index (χ1n) is 10.9. The SMILES string of the molecule is CCOC(=O)c1c(NC(=O)CSc2nc(C3CC3)n(-c3ccccc3)n2)sc(C(=O)NC)c1C. The molecule has 2 amide bonds. The van der Waals surface area contributed by atoms with E-state index >= 15 is 0 Å². The van der Waals surface area contributed by atoms with Gasteiger partial charge in [-0.15, -0.1) is 16.4 Å². The number of amides is 2. The van der Waals surface area contributed by atoms with Crippen molar-refractivity contribution in [2.45, 2.75) is 37.8 Å². The molecule has 0 atom stereocenters. The highest BCUT2D eigenvalue weighted by Crippen LogP contribution is 2.40. The molecule has 1 aliphatic carbocycles. The highest BCUT2D eigenvalue weighted by Gasteiger charge is 2.31. The molecule has 9 nitrogen and oxygen atoms in total. The van der Waals surface area contributed by atoms with Gasteiger partial charge in [0.05, 0.1) is 28.5 Å². The van der Waals surface area contributed by atoms with Gasteiger partial charge in [0, 0.05) is 13.0 Å². The van der Waals surface area contributed by atoms with Gasteiger partial charge in [0.15, 0.2) is 0 Å². The molecule has 34 heavy (non-hydrogen) atoms. The van der Waals surface area contributed by atoms with E-state index in [4.69, 9.17) is 4.74 Å². The number of esters is 1. The maximum atomic E-state index is 12.7. The van der Waals surface area contributed by atoms with E-state index in [1.807, 2.05) is 35.0 Å². The summed E-state index contributed by atoms with van der Waals surface area (Å²) in [6, 6.07) is 9.80. The van der Waals surface area contributed by atoms with Crippen LogP contribution in [0.2, 0.25) is 0 Å². The van der Waals surface area contributed by atoms with E-state index in [9.17, 15) is 14.4 Å². The minimum absolute atomic E-state index is 0.0530. The van der Waals surface area contributed by atoms with Gasteiger partial charge in [-0.3, -0.25) is 9.59 Å². The van der Waals surface area contributed by atoms with E-state index in [0.717, 1.165) is 35.7 Å². The lowest BCUT2D eigenvalue weighted by molar-refractivity contribution is -0.113. The molecule has 2 aromatic heterocycles. The summed E-state index contributed by atoms with van der Waals surface area (Å²) in [5.74, 6) is 0.113. The van der Waals surface area contributed by atoms with Crippen molar-refractivity contribution in [1.29, 1.82) is 0 Å². The maximum absolute atomic E-state index is 12.7. The maximum Gasteiger partial charge on any atom is 0.341 e. The molecular formula is C23H25N5O4S2. The zero-order valence-electron chi connectivity index (χ0n) is 19.1. The van der Waals surface area contributed by atoms with Gasteiger partial charge < -0.3 is 15.4 Å². The number of anilines is 1. The number of benzene rings is 1. The molecule has 4 rings (SSSR count). The lowest BCUT2D eigenvalue weighted by Gasteiger charge is -2.06. The summed E-state index contributed by atoms with van der Waals surface area (Å²) in [6.45, 7) is 3.55. The number of carbonyl (C=O) groups is 3. The van der Waals surface area contributed by atoms with Gasteiger partial charge in [0.25, 0.3) is 5.91 Å². The molecule has 1 aliphatic rings. The normalized spacial score (nSPS) is 12.9. The van der Waals surface area contributed by atoms with E-state index in [-0.39, 0.29) is 29.7 Å². The van der Waals surface area contributed by atoms with E-state index in [1.54, 1.807) is 13.8 Å². The number of rotatable bonds is 9. The van der Waals surface area contributed by atoms with Crippen LogP contribution >= 0.6 is 23.1 Å². The molecule has 11 heteroatoms. The van der Waals surface area contributed by atoms with E-state index in [1.165, 1.54) is 18.8 Å². The predicted octanol–water partition coefficient (Wildman–Crippen LogP) is 3.78. The fourth-order valence-corrected chi connectivity index (χ4v) is 5.19. The summed E-state index contributed by atoms with van der Waals surface area (Å²) < 4.78 is 6.97. The van der Waals surface area contributed by atoms with Crippen LogP contribution in [0, 0.1) is 6.92 Å². The third-order valence-electron chi connectivity index (χ3n) is 5.20. The minimum Gasteiger partial charge on any atom is -0.462 e. The molecule has 0 saturated heterocycles. The largest absolute Gasteiger partial charge is 0.462 e. The number of aromatic nitrogens is 3. The van der Waals surface area contributed by atoms with Crippen molar-refractivity contribution < 1.29 is 19.1 Å². The standard InChI is InChI=1S/C23H25N5O4S2/c1-4-32-22(31)17-13(2)18(20(30)24-3)34-21(17)25-16(29)12-33-23-26-19(14-10-11-14)28(27-23)15-8-6-5-7-9-15/h5-9,14H,4,10-12H2,1-3H3,(H,24,30)(H,25,29). The molecule has 2 heterocycles. The Kier molecular flexibility index (Phi) is 7.32. The summed E-state index contributed by atoms with van der Waals surface area (Å²) in [6.07, 6.45) is 2.16. The predicted molar refractivity (Wildman–Crippen MR) is 131 cm³/mol. The summed E-state index contributed by atoms with van der Waals surface area (Å²) in [7, 11) is 1.51. The Morgan fingerprint density at radius 1 is 1.24 bits per heavy atom. The number of para-hydroxylation sites is 1. The van der Waals surface area contributed by atoms with Gasteiger partial charge in [0.1, 0.15) is 10.8 Å². The number of thioether (sulfide) groups is 1. The Hall–Kier alpha value is -3.18. The molecule has 1 aromatic carbocycles. The van der Waals surface area contributed by atoms with Crippen molar-refractivity contribution in [3.63, 3.8) is 0 Å². The molecule has 0 bridgehead atoms. The smallest absolute Gasteiger partial charge is 0.341 e. The molecule has 0 radical (unpaired) electrons. The second kappa shape index (κ2) is 10.4. The Bertz CT molecular complexity index is 1220. The quantitative estimate of drug-likeness (QED) is 0.340. The Morgan fingerprint density at radius 3 is 2.62 bits per heavy atom. The minimum atomic E-state index is -0.577. The third-order valence-corrected chi connectivity index (χ3v) is 7.24. The zero-order chi connectivity index (χ0) is 24.2. The third kappa shape index (κ3) is 5.15. The van der Waals surface area contributed by atoms with Crippen LogP contribution in [0.3, 0.4) is 0 Å². The second-order valence-corrected chi connectivity index (χ2v) is 9.63. The lowest BCUT2D eigenvalue weighted by Crippen LogP contribution is -2.18. The molecule has 2 N–H and O–H groups in total. The van der Waals surface area contributed by atoms with Crippen LogP contribution in [0.15, 0.2) is 35.5 Å². The van der Waals surface area contributed by atoms with E-state index in [0.29, 0.717) is 26.5 Å². The first-order chi connectivity index (χ1) is 16.4. The van der Waals surface area contributed by atoms with E-state index in [2.05, 4.69) is 20.7 Å². The first-order valence-corrected chi connectivity index (χ1v) is 12.7. The Balaban J connectivity index is 1.49. The molecule has 1 saturated carbocycles. The van der Waals surface area contributed by atoms with Crippen LogP contribution in [-0.4, -0.2) is 52.0 Å². The average molecular weight is 500 g/mol. The summed E-state index contributed by atoms with van der Waals surface area (Å²) in [4.78, 5) is 42.4. The van der Waals surface area contributed by atoms with Crippen LogP contribution in [0.4, 0.5) is 5.00 Å². The van der Waals surface area contributed by atoms with Crippen molar-refractivity contribution in [2.24, 2.45) is 0 Å². The van der Waals surface area contributed by atoms with Crippen LogP contribution in [0.5, 0.6) is 0 Å². The summed E-state index contributed by atoms with van der Waals surface area (Å²) >= 11 is 2.27. The number of hydrogen-bond acceptors (Lipinski definition) is 8. The molecule has 0 unspecified atom stereocenters. The van der Waals surface area contributed by atoms with Gasteiger partial charge in [0.2, 0.25) is 11.1 Å². The fourth-order valence-electron chi connectivity index (χ4n) is 3.40. The highest BCUT2D eigenvalue weighted by molar-refractivity contribution is 7.99. The Morgan fingerprint density at radius 2 is 1.97 bits per heavy atom. The summed E-state index contributed by atoms with van der Waals surface area (Å²) in [5, 5.41) is 10.7. The van der Waals surface area contributed by atoms with Crippen LogP contribution in [0.25, 0.3) is 5.69 Å². The van der Waals surface area contributed by atoms with Gasteiger partial charge in [-0.1, -0.05) is 30.0 Å². The van der Waals surface area contributed by atoms with Crippen LogP contribution in [-0.2, 0) is 9.53 Å². The van der Waals surface area contributed by atoms with Crippen molar-refractivity contribution in [3.8, 4) is 5.69 Å².